The predicted molar refractivity (Wildman–Crippen MR) is 86.5 cm³/mol. The van der Waals surface area contributed by atoms with Gasteiger partial charge in [-0.25, -0.2) is 13.1 Å². The lowest BCUT2D eigenvalue weighted by Gasteiger charge is -2.34. The number of aromatic nitrogens is 2. The Morgan fingerprint density at radius 3 is 2.82 bits per heavy atom. The van der Waals surface area contributed by atoms with Crippen molar-refractivity contribution in [1.29, 1.82) is 0 Å². The van der Waals surface area contributed by atoms with Gasteiger partial charge in [0.15, 0.2) is 0 Å². The molecule has 1 aromatic rings. The molecule has 0 radical (unpaired) electrons. The lowest BCUT2D eigenvalue weighted by molar-refractivity contribution is 0.0423. The highest BCUT2D eigenvalue weighted by Crippen LogP contribution is 2.20. The number of nitrogens with one attached hydrogen (secondary N) is 1. The van der Waals surface area contributed by atoms with E-state index in [1.54, 1.807) is 20.0 Å². The van der Waals surface area contributed by atoms with Gasteiger partial charge >= 0.3 is 0 Å². The van der Waals surface area contributed by atoms with Gasteiger partial charge in [0, 0.05) is 39.4 Å². The quantitative estimate of drug-likeness (QED) is 0.832. The molecule has 0 bridgehead atoms. The van der Waals surface area contributed by atoms with Crippen LogP contribution in [0.5, 0.6) is 0 Å². The molecule has 1 fully saturated rings. The molecule has 0 amide bonds. The molecule has 0 saturated carbocycles. The monoisotopic (exact) mass is 330 g/mol. The largest absolute Gasteiger partial charge is 0.378 e. The SMILES string of the molecule is COC(C)(C)CS(=O)(=O)NC1CCCN(c2ccnn2C)C1. The maximum absolute atomic E-state index is 12.3. The number of sulfonamides is 1. The van der Waals surface area contributed by atoms with Gasteiger partial charge in [-0.1, -0.05) is 0 Å². The van der Waals surface area contributed by atoms with Crippen LogP contribution in [0.1, 0.15) is 26.7 Å². The van der Waals surface area contributed by atoms with Crippen LogP contribution in [0.25, 0.3) is 0 Å². The highest BCUT2D eigenvalue weighted by Gasteiger charge is 2.30. The van der Waals surface area contributed by atoms with E-state index in [0.29, 0.717) is 6.54 Å². The number of aryl methyl sites for hydroxylation is 1. The van der Waals surface area contributed by atoms with E-state index in [4.69, 9.17) is 4.74 Å². The summed E-state index contributed by atoms with van der Waals surface area (Å²) in [5.74, 6) is 0.972. The summed E-state index contributed by atoms with van der Waals surface area (Å²) in [6, 6.07) is 1.87. The summed E-state index contributed by atoms with van der Waals surface area (Å²) >= 11 is 0. The van der Waals surface area contributed by atoms with Crippen molar-refractivity contribution in [3.05, 3.63) is 12.3 Å². The number of methoxy groups -OCH3 is 1. The topological polar surface area (TPSA) is 76.5 Å². The fourth-order valence-electron chi connectivity index (χ4n) is 2.77. The lowest BCUT2D eigenvalue weighted by Crippen LogP contribution is -2.50. The summed E-state index contributed by atoms with van der Waals surface area (Å²) in [4.78, 5) is 2.17. The van der Waals surface area contributed by atoms with Gasteiger partial charge in [0.05, 0.1) is 17.6 Å². The number of anilines is 1. The first kappa shape index (κ1) is 17.2. The van der Waals surface area contributed by atoms with E-state index >= 15 is 0 Å². The molecule has 8 heteroatoms. The number of nitrogens with zero attached hydrogens (tertiary/aromatic N) is 3. The second-order valence-electron chi connectivity index (χ2n) is 6.44. The summed E-state index contributed by atoms with van der Waals surface area (Å²) in [6.45, 7) is 5.12. The molecule has 1 N–H and O–H groups in total. The molecule has 1 saturated heterocycles. The average Bonchev–Trinajstić information content (AvgIpc) is 2.83. The van der Waals surface area contributed by atoms with Crippen molar-refractivity contribution in [2.24, 2.45) is 7.05 Å². The van der Waals surface area contributed by atoms with E-state index in [0.717, 1.165) is 25.2 Å². The van der Waals surface area contributed by atoms with Gasteiger partial charge < -0.3 is 9.64 Å². The summed E-state index contributed by atoms with van der Waals surface area (Å²) < 4.78 is 34.5. The fourth-order valence-corrected chi connectivity index (χ4v) is 4.59. The Morgan fingerprint density at radius 1 is 1.50 bits per heavy atom. The molecule has 0 aliphatic carbocycles. The van der Waals surface area contributed by atoms with Crippen molar-refractivity contribution in [3.63, 3.8) is 0 Å². The Kier molecular flexibility index (Phi) is 5.14. The first-order valence-electron chi connectivity index (χ1n) is 7.50. The molecule has 22 heavy (non-hydrogen) atoms. The van der Waals surface area contributed by atoms with Crippen LogP contribution >= 0.6 is 0 Å². The molecule has 1 atom stereocenters. The first-order valence-corrected chi connectivity index (χ1v) is 9.16. The van der Waals surface area contributed by atoms with Gasteiger partial charge in [-0.3, -0.25) is 4.68 Å². The third-order valence-corrected chi connectivity index (χ3v) is 5.74. The third-order valence-electron chi connectivity index (χ3n) is 3.98. The summed E-state index contributed by atoms with van der Waals surface area (Å²) in [6.07, 6.45) is 3.55. The molecule has 0 aromatic carbocycles. The third kappa shape index (κ3) is 4.44. The zero-order valence-corrected chi connectivity index (χ0v) is 14.6. The van der Waals surface area contributed by atoms with E-state index in [1.165, 1.54) is 7.11 Å². The Hall–Kier alpha value is -1.12. The summed E-state index contributed by atoms with van der Waals surface area (Å²) in [5.41, 5.74) is -0.692. The van der Waals surface area contributed by atoms with Crippen molar-refractivity contribution < 1.29 is 13.2 Å². The minimum Gasteiger partial charge on any atom is -0.378 e. The molecule has 1 unspecified atom stereocenters. The minimum atomic E-state index is -3.38. The zero-order valence-electron chi connectivity index (χ0n) is 13.7. The molecule has 1 aliphatic rings. The fraction of sp³-hybridized carbons (Fsp3) is 0.786. The predicted octanol–water partition coefficient (Wildman–Crippen LogP) is 0.733. The van der Waals surface area contributed by atoms with E-state index < -0.39 is 15.6 Å². The summed E-state index contributed by atoms with van der Waals surface area (Å²) in [7, 11) is 0.0437. The van der Waals surface area contributed by atoms with Gasteiger partial charge in [0.25, 0.3) is 0 Å². The Bertz CT molecular complexity index is 597. The number of hydrogen-bond acceptors (Lipinski definition) is 5. The van der Waals surface area contributed by atoms with Crippen LogP contribution in [0.15, 0.2) is 12.3 Å². The van der Waals surface area contributed by atoms with Gasteiger partial charge in [-0.15, -0.1) is 0 Å². The van der Waals surface area contributed by atoms with Gasteiger partial charge in [-0.05, 0) is 26.7 Å². The van der Waals surface area contributed by atoms with Gasteiger partial charge in [-0.2, -0.15) is 5.10 Å². The Morgan fingerprint density at radius 2 is 2.23 bits per heavy atom. The second-order valence-corrected chi connectivity index (χ2v) is 8.19. The van der Waals surface area contributed by atoms with E-state index in [1.807, 2.05) is 17.8 Å². The molecule has 7 nitrogen and oxygen atoms in total. The minimum absolute atomic E-state index is 0.0429. The smallest absolute Gasteiger partial charge is 0.214 e. The molecule has 126 valence electrons. The van der Waals surface area contributed by atoms with E-state index in [9.17, 15) is 8.42 Å². The summed E-state index contributed by atoms with van der Waals surface area (Å²) in [5, 5.41) is 4.17. The van der Waals surface area contributed by atoms with Crippen LogP contribution in [0.3, 0.4) is 0 Å². The van der Waals surface area contributed by atoms with Crippen molar-refractivity contribution in [1.82, 2.24) is 14.5 Å². The molecule has 0 spiro atoms. The molecule has 2 rings (SSSR count). The molecular weight excluding hydrogens is 304 g/mol. The highest BCUT2D eigenvalue weighted by molar-refractivity contribution is 7.89. The van der Waals surface area contributed by atoms with Crippen molar-refractivity contribution >= 4 is 15.8 Å². The van der Waals surface area contributed by atoms with Crippen LogP contribution in [-0.2, 0) is 21.8 Å². The van der Waals surface area contributed by atoms with E-state index in [2.05, 4.69) is 14.7 Å². The van der Waals surface area contributed by atoms with Gasteiger partial charge in [0.1, 0.15) is 5.82 Å². The number of ether oxygens (including phenoxy) is 1. The number of hydrogen-bond donors (Lipinski definition) is 1. The average molecular weight is 330 g/mol. The molecular formula is C14H26N4O3S. The zero-order chi connectivity index (χ0) is 16.4. The van der Waals surface area contributed by atoms with Crippen LogP contribution in [0.2, 0.25) is 0 Å². The number of piperidine rings is 1. The Labute approximate surface area is 132 Å². The highest BCUT2D eigenvalue weighted by atomic mass is 32.2. The van der Waals surface area contributed by atoms with E-state index in [-0.39, 0.29) is 11.8 Å². The second kappa shape index (κ2) is 6.55. The maximum atomic E-state index is 12.3. The van der Waals surface area contributed by atoms with Gasteiger partial charge in [0.2, 0.25) is 10.0 Å². The van der Waals surface area contributed by atoms with Crippen LogP contribution in [0, 0.1) is 0 Å². The van der Waals surface area contributed by atoms with Crippen molar-refractivity contribution in [2.45, 2.75) is 38.3 Å². The normalized spacial score (nSPS) is 20.4. The Balaban J connectivity index is 2.00. The lowest BCUT2D eigenvalue weighted by atomic mass is 10.1. The molecule has 1 aliphatic heterocycles. The molecule has 1 aromatic heterocycles. The van der Waals surface area contributed by atoms with Crippen LogP contribution in [-0.4, -0.2) is 55.8 Å². The first-order chi connectivity index (χ1) is 10.2. The maximum Gasteiger partial charge on any atom is 0.214 e. The molecule has 2 heterocycles. The van der Waals surface area contributed by atoms with Crippen molar-refractivity contribution in [2.75, 3.05) is 30.9 Å². The number of rotatable bonds is 6. The van der Waals surface area contributed by atoms with Crippen LogP contribution in [0.4, 0.5) is 5.82 Å². The van der Waals surface area contributed by atoms with Crippen LogP contribution < -0.4 is 9.62 Å². The van der Waals surface area contributed by atoms with Crippen molar-refractivity contribution in [3.8, 4) is 0 Å². The standard InChI is InChI=1S/C14H26N4O3S/c1-14(2,21-4)11-22(19,20)16-12-6-5-9-18(10-12)13-7-8-15-17(13)3/h7-8,12,16H,5-6,9-11H2,1-4H3.